The van der Waals surface area contributed by atoms with Crippen molar-refractivity contribution in [1.82, 2.24) is 24.9 Å². The number of rotatable bonds is 13. The van der Waals surface area contributed by atoms with Gasteiger partial charge >= 0.3 is 11.8 Å². The summed E-state index contributed by atoms with van der Waals surface area (Å²) in [7, 11) is -3.59. The largest absolute Gasteiger partial charge is 0.465 e. The molecule has 6 N–H and O–H groups in total. The fourth-order valence-electron chi connectivity index (χ4n) is 6.59. The van der Waals surface area contributed by atoms with Crippen LogP contribution in [0.1, 0.15) is 50.7 Å². The van der Waals surface area contributed by atoms with Crippen LogP contribution in [0.3, 0.4) is 0 Å². The van der Waals surface area contributed by atoms with Gasteiger partial charge in [0, 0.05) is 37.7 Å². The Labute approximate surface area is 290 Å². The predicted octanol–water partition coefficient (Wildman–Crippen LogP) is 4.60. The number of carbonyl (C=O) groups excluding carboxylic acids is 2. The summed E-state index contributed by atoms with van der Waals surface area (Å²) in [5, 5.41) is 17.2. The topological polar surface area (TPSA) is 194 Å². The zero-order valence-electron chi connectivity index (χ0n) is 28.4. The molecule has 1 heterocycles. The number of nitrogens with zero attached hydrogens (tertiary/aromatic N) is 1. The molecule has 0 saturated heterocycles. The molecule has 1 aromatic heterocycles. The number of amides is 3. The number of aromatic nitrogens is 2. The third kappa shape index (κ3) is 8.61. The number of imidazole rings is 1. The molecule has 1 aliphatic rings. The summed E-state index contributed by atoms with van der Waals surface area (Å²) in [6.45, 7) is 6.61. The maximum absolute atomic E-state index is 13.7. The standard InChI is InChI=1S/C36H44N6O7S/c1-4-42(5-2)50(48,49)28-15-16-29(22(3)18-28)25-10-6-23(7-11-25)19-32(34(44)38-27-14-17-30-31(20-27)41-35(45)40-30)39-33(43)26-12-8-24(9-13-26)21-37-36(46)47/h6-7,10-11,14-18,20,24,26,32,37H,4-5,8-9,12-13,19,21H2,1-3H3,(H,38,44)(H,39,43)(H,46,47)(H2,40,41,45)/t24?,26?,32-/m0/s1. The number of benzene rings is 3. The minimum absolute atomic E-state index is 0.161. The van der Waals surface area contributed by atoms with Crippen molar-refractivity contribution in [2.24, 2.45) is 11.8 Å². The highest BCUT2D eigenvalue weighted by molar-refractivity contribution is 7.89. The van der Waals surface area contributed by atoms with Gasteiger partial charge in [-0.2, -0.15) is 4.31 Å². The Hall–Kier alpha value is -4.95. The Morgan fingerprint density at radius 2 is 1.60 bits per heavy atom. The highest BCUT2D eigenvalue weighted by Crippen LogP contribution is 2.30. The van der Waals surface area contributed by atoms with E-state index >= 15 is 0 Å². The molecule has 3 aromatic carbocycles. The van der Waals surface area contributed by atoms with E-state index in [1.165, 1.54) is 4.31 Å². The first kappa shape index (κ1) is 36.3. The number of carbonyl (C=O) groups is 3. The molecule has 1 saturated carbocycles. The van der Waals surface area contributed by atoms with E-state index in [1.54, 1.807) is 36.4 Å². The molecule has 5 rings (SSSR count). The molecule has 4 aromatic rings. The number of hydrogen-bond acceptors (Lipinski definition) is 6. The molecular formula is C36H44N6O7S. The van der Waals surface area contributed by atoms with Crippen molar-refractivity contribution < 1.29 is 27.9 Å². The first-order valence-corrected chi connectivity index (χ1v) is 18.3. The summed E-state index contributed by atoms with van der Waals surface area (Å²) in [6.07, 6.45) is 1.72. The zero-order valence-corrected chi connectivity index (χ0v) is 29.2. The fraction of sp³-hybridized carbons (Fsp3) is 0.389. The highest BCUT2D eigenvalue weighted by atomic mass is 32.2. The van der Waals surface area contributed by atoms with Crippen molar-refractivity contribution in [3.8, 4) is 11.1 Å². The lowest BCUT2D eigenvalue weighted by atomic mass is 9.81. The summed E-state index contributed by atoms with van der Waals surface area (Å²) in [4.78, 5) is 55.4. The number of hydrogen-bond donors (Lipinski definition) is 6. The van der Waals surface area contributed by atoms with Crippen molar-refractivity contribution in [2.75, 3.05) is 25.0 Å². The Bertz CT molecular complexity index is 2010. The monoisotopic (exact) mass is 704 g/mol. The minimum atomic E-state index is -3.59. The smallest absolute Gasteiger partial charge is 0.404 e. The number of carboxylic acid groups (broad SMARTS) is 1. The van der Waals surface area contributed by atoms with E-state index in [-0.39, 0.29) is 34.7 Å². The second-order valence-electron chi connectivity index (χ2n) is 12.8. The van der Waals surface area contributed by atoms with Gasteiger partial charge in [-0.3, -0.25) is 9.59 Å². The maximum Gasteiger partial charge on any atom is 0.404 e. The van der Waals surface area contributed by atoms with Crippen LogP contribution >= 0.6 is 0 Å². The molecule has 0 unspecified atom stereocenters. The third-order valence-corrected chi connectivity index (χ3v) is 11.5. The molecule has 0 bridgehead atoms. The lowest BCUT2D eigenvalue weighted by Crippen LogP contribution is -2.48. The van der Waals surface area contributed by atoms with Crippen molar-refractivity contribution in [1.29, 1.82) is 0 Å². The Kier molecular flexibility index (Phi) is 11.4. The summed E-state index contributed by atoms with van der Waals surface area (Å²) in [5.74, 6) is -0.784. The van der Waals surface area contributed by atoms with Crippen LogP contribution in [0.25, 0.3) is 22.2 Å². The highest BCUT2D eigenvalue weighted by Gasteiger charge is 2.30. The molecule has 1 atom stereocenters. The first-order valence-electron chi connectivity index (χ1n) is 16.9. The number of aromatic amines is 2. The van der Waals surface area contributed by atoms with E-state index in [4.69, 9.17) is 5.11 Å². The van der Waals surface area contributed by atoms with Gasteiger partial charge < -0.3 is 31.0 Å². The summed E-state index contributed by atoms with van der Waals surface area (Å²) >= 11 is 0. The van der Waals surface area contributed by atoms with Crippen LogP contribution in [0.4, 0.5) is 10.5 Å². The average Bonchev–Trinajstić information content (AvgIpc) is 3.47. The molecule has 0 aliphatic heterocycles. The van der Waals surface area contributed by atoms with Gasteiger partial charge in [0.1, 0.15) is 6.04 Å². The van der Waals surface area contributed by atoms with Gasteiger partial charge in [0.15, 0.2) is 0 Å². The Morgan fingerprint density at radius 1 is 0.920 bits per heavy atom. The number of anilines is 1. The average molecular weight is 705 g/mol. The summed E-state index contributed by atoms with van der Waals surface area (Å²) < 4.78 is 27.5. The molecule has 0 spiro atoms. The Morgan fingerprint density at radius 3 is 2.24 bits per heavy atom. The van der Waals surface area contributed by atoms with Gasteiger partial charge in [-0.15, -0.1) is 0 Å². The number of fused-ring (bicyclic) bond motifs is 1. The first-order chi connectivity index (χ1) is 23.9. The van der Waals surface area contributed by atoms with Crippen molar-refractivity contribution in [2.45, 2.75) is 63.8 Å². The zero-order chi connectivity index (χ0) is 36.0. The molecule has 1 fully saturated rings. The number of sulfonamides is 1. The van der Waals surface area contributed by atoms with Gasteiger partial charge in [-0.1, -0.05) is 44.2 Å². The van der Waals surface area contributed by atoms with Gasteiger partial charge in [0.2, 0.25) is 21.8 Å². The van der Waals surface area contributed by atoms with E-state index in [0.717, 1.165) is 22.3 Å². The van der Waals surface area contributed by atoms with Crippen LogP contribution in [-0.2, 0) is 26.0 Å². The van der Waals surface area contributed by atoms with Gasteiger partial charge in [0.25, 0.3) is 0 Å². The number of nitrogens with one attached hydrogen (secondary N) is 5. The second kappa shape index (κ2) is 15.7. The van der Waals surface area contributed by atoms with E-state index < -0.39 is 28.1 Å². The SMILES string of the molecule is CCN(CC)S(=O)(=O)c1ccc(-c2ccc(C[C@H](NC(=O)C3CCC(CNC(=O)O)CC3)C(=O)Nc3ccc4[nH]c(=O)[nH]c4c3)cc2)c(C)c1. The van der Waals surface area contributed by atoms with E-state index in [9.17, 15) is 27.6 Å². The second-order valence-corrected chi connectivity index (χ2v) is 14.7. The lowest BCUT2D eigenvalue weighted by Gasteiger charge is -2.29. The molecular weight excluding hydrogens is 660 g/mol. The van der Waals surface area contributed by atoms with Gasteiger partial charge in [0.05, 0.1) is 15.9 Å². The van der Waals surface area contributed by atoms with Crippen LogP contribution in [0.2, 0.25) is 0 Å². The Balaban J connectivity index is 1.32. The van der Waals surface area contributed by atoms with E-state index in [0.29, 0.717) is 62.0 Å². The van der Waals surface area contributed by atoms with Crippen molar-refractivity contribution >= 4 is 44.7 Å². The molecule has 0 radical (unpaired) electrons. The molecule has 14 heteroatoms. The third-order valence-electron chi connectivity index (χ3n) is 9.42. The summed E-state index contributed by atoms with van der Waals surface area (Å²) in [5.41, 5.74) is 4.61. The predicted molar refractivity (Wildman–Crippen MR) is 191 cm³/mol. The number of H-pyrrole nitrogens is 2. The fourth-order valence-corrected chi connectivity index (χ4v) is 8.13. The van der Waals surface area contributed by atoms with Crippen LogP contribution < -0.4 is 21.6 Å². The quantitative estimate of drug-likeness (QED) is 0.117. The molecule has 50 heavy (non-hydrogen) atoms. The van der Waals surface area contributed by atoms with Crippen LogP contribution in [0.15, 0.2) is 70.4 Å². The van der Waals surface area contributed by atoms with E-state index in [1.807, 2.05) is 45.0 Å². The van der Waals surface area contributed by atoms with Crippen molar-refractivity contribution in [3.05, 3.63) is 82.3 Å². The normalized spacial score (nSPS) is 17.0. The maximum atomic E-state index is 13.7. The molecule has 1 aliphatic carbocycles. The van der Waals surface area contributed by atoms with Crippen LogP contribution in [-0.4, -0.2) is 71.4 Å². The van der Waals surface area contributed by atoms with Gasteiger partial charge in [-0.25, -0.2) is 18.0 Å². The van der Waals surface area contributed by atoms with Crippen molar-refractivity contribution in [3.63, 3.8) is 0 Å². The molecule has 13 nitrogen and oxygen atoms in total. The molecule has 266 valence electrons. The van der Waals surface area contributed by atoms with Crippen LogP contribution in [0.5, 0.6) is 0 Å². The number of aryl methyl sites for hydroxylation is 1. The lowest BCUT2D eigenvalue weighted by molar-refractivity contribution is -0.130. The summed E-state index contributed by atoms with van der Waals surface area (Å²) in [6, 6.07) is 16.8. The van der Waals surface area contributed by atoms with E-state index in [2.05, 4.69) is 25.9 Å². The van der Waals surface area contributed by atoms with Gasteiger partial charge in [-0.05, 0) is 91.1 Å². The minimum Gasteiger partial charge on any atom is -0.465 e. The van der Waals surface area contributed by atoms with Crippen LogP contribution in [0, 0.1) is 18.8 Å². The molecule has 3 amide bonds.